The molecule has 0 saturated heterocycles. The smallest absolute Gasteiger partial charge is 0.339 e. The molecule has 1 aromatic carbocycles. The zero-order chi connectivity index (χ0) is 14.3. The number of aromatic nitrogens is 2. The van der Waals surface area contributed by atoms with Gasteiger partial charge in [0, 0.05) is 17.7 Å². The molecule has 0 aliphatic heterocycles. The first-order chi connectivity index (χ1) is 9.54. The Bertz CT molecular complexity index is 676. The molecule has 4 nitrogen and oxygen atoms in total. The number of hydrogen-bond donors (Lipinski definition) is 1. The molecule has 1 aliphatic carbocycles. The summed E-state index contributed by atoms with van der Waals surface area (Å²) in [5, 5.41) is 9.15. The summed E-state index contributed by atoms with van der Waals surface area (Å²) < 4.78 is 13.4. The van der Waals surface area contributed by atoms with Crippen molar-refractivity contribution in [1.29, 1.82) is 0 Å². The predicted molar refractivity (Wildman–Crippen MR) is 71.1 cm³/mol. The first kappa shape index (κ1) is 12.7. The lowest BCUT2D eigenvalue weighted by Gasteiger charge is -2.07. The number of hydrogen-bond acceptors (Lipinski definition) is 3. The van der Waals surface area contributed by atoms with Gasteiger partial charge in [-0.2, -0.15) is 0 Å². The van der Waals surface area contributed by atoms with Gasteiger partial charge in [0.05, 0.1) is 11.3 Å². The number of rotatable bonds is 3. The number of aryl methyl sites for hydroxylation is 1. The summed E-state index contributed by atoms with van der Waals surface area (Å²) in [5.41, 5.74) is 2.05. The largest absolute Gasteiger partial charge is 0.478 e. The molecule has 2 aromatic rings. The molecular weight excluding hydrogens is 259 g/mol. The zero-order valence-corrected chi connectivity index (χ0v) is 10.9. The summed E-state index contributed by atoms with van der Waals surface area (Å²) in [5.74, 6) is -0.801. The van der Waals surface area contributed by atoms with Gasteiger partial charge < -0.3 is 5.11 Å². The molecule has 0 atom stereocenters. The van der Waals surface area contributed by atoms with Gasteiger partial charge in [0.1, 0.15) is 5.82 Å². The average molecular weight is 272 g/mol. The molecule has 0 spiro atoms. The van der Waals surface area contributed by atoms with E-state index in [1.807, 2.05) is 0 Å². The van der Waals surface area contributed by atoms with Crippen LogP contribution in [0.4, 0.5) is 4.39 Å². The summed E-state index contributed by atoms with van der Waals surface area (Å²) in [6, 6.07) is 4.58. The summed E-state index contributed by atoms with van der Waals surface area (Å²) in [7, 11) is 0. The maximum Gasteiger partial charge on any atom is 0.339 e. The van der Waals surface area contributed by atoms with Crippen molar-refractivity contribution >= 4 is 5.97 Å². The Labute approximate surface area is 115 Å². The Balaban J connectivity index is 2.10. The van der Waals surface area contributed by atoms with E-state index in [-0.39, 0.29) is 17.3 Å². The Morgan fingerprint density at radius 3 is 2.70 bits per heavy atom. The number of halogens is 1. The van der Waals surface area contributed by atoms with Crippen molar-refractivity contribution in [2.45, 2.75) is 25.7 Å². The normalized spacial score (nSPS) is 14.3. The molecule has 5 heteroatoms. The molecule has 1 saturated carbocycles. The molecule has 0 unspecified atom stereocenters. The zero-order valence-electron chi connectivity index (χ0n) is 10.9. The number of aromatic carboxylic acids is 1. The molecule has 3 rings (SSSR count). The van der Waals surface area contributed by atoms with E-state index in [1.54, 1.807) is 13.0 Å². The van der Waals surface area contributed by atoms with Crippen molar-refractivity contribution in [1.82, 2.24) is 9.97 Å². The molecule has 0 amide bonds. The third-order valence-corrected chi connectivity index (χ3v) is 3.31. The van der Waals surface area contributed by atoms with E-state index < -0.39 is 5.97 Å². The van der Waals surface area contributed by atoms with Crippen LogP contribution in [-0.4, -0.2) is 21.0 Å². The quantitative estimate of drug-likeness (QED) is 0.932. The highest BCUT2D eigenvalue weighted by molar-refractivity contribution is 5.89. The number of carboxylic acids is 1. The van der Waals surface area contributed by atoms with E-state index >= 15 is 0 Å². The maximum absolute atomic E-state index is 13.4. The Morgan fingerprint density at radius 2 is 2.10 bits per heavy atom. The Kier molecular flexibility index (Phi) is 2.97. The highest BCUT2D eigenvalue weighted by Gasteiger charge is 2.30. The fraction of sp³-hybridized carbons (Fsp3) is 0.267. The van der Waals surface area contributed by atoms with Gasteiger partial charge in [-0.1, -0.05) is 0 Å². The minimum Gasteiger partial charge on any atom is -0.478 e. The Morgan fingerprint density at radius 1 is 1.35 bits per heavy atom. The first-order valence-electron chi connectivity index (χ1n) is 6.42. The molecular formula is C15H13FN2O2. The predicted octanol–water partition coefficient (Wildman–Crippen LogP) is 3.17. The van der Waals surface area contributed by atoms with Crippen LogP contribution in [0, 0.1) is 12.7 Å². The summed E-state index contributed by atoms with van der Waals surface area (Å²) in [6.45, 7) is 1.79. The van der Waals surface area contributed by atoms with Crippen LogP contribution in [-0.2, 0) is 0 Å². The number of benzene rings is 1. The molecule has 20 heavy (non-hydrogen) atoms. The fourth-order valence-electron chi connectivity index (χ4n) is 2.23. The number of nitrogens with zero attached hydrogens (tertiary/aromatic N) is 2. The van der Waals surface area contributed by atoms with Crippen molar-refractivity contribution in [2.24, 2.45) is 0 Å². The lowest BCUT2D eigenvalue weighted by Crippen LogP contribution is -2.06. The second-order valence-electron chi connectivity index (χ2n) is 5.09. The van der Waals surface area contributed by atoms with Crippen LogP contribution in [0.1, 0.15) is 40.4 Å². The molecule has 1 aliphatic rings. The second kappa shape index (κ2) is 4.67. The van der Waals surface area contributed by atoms with E-state index in [9.17, 15) is 9.18 Å². The lowest BCUT2D eigenvalue weighted by atomic mass is 10.1. The molecule has 102 valence electrons. The van der Waals surface area contributed by atoms with E-state index in [0.29, 0.717) is 17.1 Å². The van der Waals surface area contributed by atoms with Crippen molar-refractivity contribution in [3.8, 4) is 11.4 Å². The van der Waals surface area contributed by atoms with Crippen molar-refractivity contribution < 1.29 is 14.3 Å². The van der Waals surface area contributed by atoms with Crippen molar-refractivity contribution in [2.75, 3.05) is 0 Å². The van der Waals surface area contributed by atoms with Gasteiger partial charge in [0.15, 0.2) is 5.82 Å². The molecule has 0 bridgehead atoms. The summed E-state index contributed by atoms with van der Waals surface area (Å²) in [4.78, 5) is 19.6. The van der Waals surface area contributed by atoms with E-state index in [2.05, 4.69) is 9.97 Å². The maximum atomic E-state index is 13.4. The van der Waals surface area contributed by atoms with Gasteiger partial charge in [-0.3, -0.25) is 0 Å². The molecule has 1 aromatic heterocycles. The van der Waals surface area contributed by atoms with Crippen LogP contribution < -0.4 is 0 Å². The molecule has 0 radical (unpaired) electrons. The van der Waals surface area contributed by atoms with Gasteiger partial charge in [0.25, 0.3) is 0 Å². The number of carbonyl (C=O) groups is 1. The van der Waals surface area contributed by atoms with Crippen molar-refractivity contribution in [3.05, 3.63) is 47.0 Å². The van der Waals surface area contributed by atoms with Crippen LogP contribution in [0.15, 0.2) is 24.4 Å². The second-order valence-corrected chi connectivity index (χ2v) is 5.09. The number of carboxylic acid groups (broad SMARTS) is 1. The van der Waals surface area contributed by atoms with E-state index in [0.717, 1.165) is 18.4 Å². The topological polar surface area (TPSA) is 63.1 Å². The summed E-state index contributed by atoms with van der Waals surface area (Å²) >= 11 is 0. The molecule has 1 heterocycles. The molecule has 1 N–H and O–H groups in total. The van der Waals surface area contributed by atoms with Gasteiger partial charge in [-0.15, -0.1) is 0 Å². The summed E-state index contributed by atoms with van der Waals surface area (Å²) in [6.07, 6.45) is 3.20. The van der Waals surface area contributed by atoms with Crippen LogP contribution in [0.2, 0.25) is 0 Å². The third-order valence-electron chi connectivity index (χ3n) is 3.31. The van der Waals surface area contributed by atoms with E-state index in [1.165, 1.54) is 18.3 Å². The fourth-order valence-corrected chi connectivity index (χ4v) is 2.23. The third kappa shape index (κ3) is 2.39. The monoisotopic (exact) mass is 272 g/mol. The van der Waals surface area contributed by atoms with Crippen molar-refractivity contribution in [3.63, 3.8) is 0 Å². The highest BCUT2D eigenvalue weighted by Crippen LogP contribution is 2.41. The van der Waals surface area contributed by atoms with E-state index in [4.69, 9.17) is 5.11 Å². The minimum absolute atomic E-state index is 0.143. The SMILES string of the molecule is Cc1cc(F)cc(-c2ncc(C(=O)O)c(C3CC3)n2)c1. The van der Waals surface area contributed by atoms with Gasteiger partial charge in [0.2, 0.25) is 0 Å². The average Bonchev–Trinajstić information content (AvgIpc) is 3.21. The van der Waals surface area contributed by atoms with Crippen LogP contribution in [0.25, 0.3) is 11.4 Å². The minimum atomic E-state index is -1.02. The van der Waals surface area contributed by atoms with Gasteiger partial charge >= 0.3 is 5.97 Å². The van der Waals surface area contributed by atoms with Crippen LogP contribution in [0.3, 0.4) is 0 Å². The molecule has 1 fully saturated rings. The van der Waals surface area contributed by atoms with Gasteiger partial charge in [-0.25, -0.2) is 19.2 Å². The highest BCUT2D eigenvalue weighted by atomic mass is 19.1. The van der Waals surface area contributed by atoms with Crippen LogP contribution in [0.5, 0.6) is 0 Å². The van der Waals surface area contributed by atoms with Crippen LogP contribution >= 0.6 is 0 Å². The standard InChI is InChI=1S/C15H13FN2O2/c1-8-4-10(6-11(16)5-8)14-17-7-12(15(19)20)13(18-14)9-2-3-9/h4-7,9H,2-3H2,1H3,(H,19,20). The Hall–Kier alpha value is -2.30. The lowest BCUT2D eigenvalue weighted by molar-refractivity contribution is 0.0694. The first-order valence-corrected chi connectivity index (χ1v) is 6.42. The van der Waals surface area contributed by atoms with Gasteiger partial charge in [-0.05, 0) is 43.5 Å².